The molecule has 0 aromatic rings. The van der Waals surface area contributed by atoms with Crippen LogP contribution < -0.4 is 0 Å². The van der Waals surface area contributed by atoms with E-state index in [0.717, 1.165) is 51.6 Å². The molecule has 1 aliphatic carbocycles. The third kappa shape index (κ3) is 14.2. The number of rotatable bonds is 28. The van der Waals surface area contributed by atoms with Crippen LogP contribution in [0.1, 0.15) is 228 Å². The summed E-state index contributed by atoms with van der Waals surface area (Å²) in [6, 6.07) is 0. The maximum Gasteiger partial charge on any atom is 0.165 e. The molecule has 2 nitrogen and oxygen atoms in total. The minimum absolute atomic E-state index is 0.0428. The summed E-state index contributed by atoms with van der Waals surface area (Å²) in [5, 5.41) is 0. The number of hydrogen-bond acceptors (Lipinski definition) is 2. The number of Topliss-reactive ketones (excluding diaryl/α,β-unsaturated/α-hetero) is 1. The molecule has 0 aliphatic heterocycles. The van der Waals surface area contributed by atoms with Crippen LogP contribution in [-0.2, 0) is 9.53 Å². The summed E-state index contributed by atoms with van der Waals surface area (Å²) in [4.78, 5) is 14.2. The molecule has 0 spiro atoms. The summed E-state index contributed by atoms with van der Waals surface area (Å²) in [6.07, 6.45) is 36.8. The maximum atomic E-state index is 14.2. The van der Waals surface area contributed by atoms with Crippen molar-refractivity contribution in [3.05, 3.63) is 0 Å². The van der Waals surface area contributed by atoms with Gasteiger partial charge >= 0.3 is 0 Å². The van der Waals surface area contributed by atoms with Gasteiger partial charge in [0, 0.05) is 18.4 Å². The van der Waals surface area contributed by atoms with Gasteiger partial charge in [0.25, 0.3) is 0 Å². The molecule has 0 aromatic carbocycles. The first-order valence-corrected chi connectivity index (χ1v) is 19.5. The number of hydrogen-bond donors (Lipinski definition) is 0. The summed E-state index contributed by atoms with van der Waals surface area (Å²) in [7, 11) is 0. The molecular formula is C40H78O2. The molecule has 1 fully saturated rings. The van der Waals surface area contributed by atoms with E-state index in [-0.39, 0.29) is 10.8 Å². The van der Waals surface area contributed by atoms with Crippen LogP contribution in [0.3, 0.4) is 0 Å². The van der Waals surface area contributed by atoms with Crippen LogP contribution in [0.4, 0.5) is 0 Å². The normalized spacial score (nSPS) is 21.3. The zero-order valence-electron chi connectivity index (χ0n) is 30.0. The van der Waals surface area contributed by atoms with E-state index < -0.39 is 5.60 Å². The zero-order chi connectivity index (χ0) is 31.0. The van der Waals surface area contributed by atoms with Crippen LogP contribution in [0.25, 0.3) is 0 Å². The fourth-order valence-corrected chi connectivity index (χ4v) is 8.12. The summed E-state index contributed by atoms with van der Waals surface area (Å²) < 4.78 is 7.10. The van der Waals surface area contributed by atoms with Gasteiger partial charge in [0.1, 0.15) is 5.60 Å². The second-order valence-corrected chi connectivity index (χ2v) is 15.2. The van der Waals surface area contributed by atoms with Gasteiger partial charge in [0.05, 0.1) is 0 Å². The van der Waals surface area contributed by atoms with Crippen molar-refractivity contribution in [3.8, 4) is 0 Å². The minimum atomic E-state index is -0.575. The van der Waals surface area contributed by atoms with E-state index in [2.05, 4.69) is 41.5 Å². The smallest absolute Gasteiger partial charge is 0.165 e. The predicted octanol–water partition coefficient (Wildman–Crippen LogP) is 13.7. The van der Waals surface area contributed by atoms with E-state index in [1.165, 1.54) is 141 Å². The quantitative estimate of drug-likeness (QED) is 0.0847. The molecule has 0 aromatic heterocycles. The number of ketones is 1. The van der Waals surface area contributed by atoms with E-state index in [0.29, 0.717) is 5.78 Å². The molecular weight excluding hydrogens is 512 g/mol. The molecule has 0 heterocycles. The van der Waals surface area contributed by atoms with Crippen molar-refractivity contribution in [2.75, 3.05) is 6.61 Å². The van der Waals surface area contributed by atoms with Crippen LogP contribution in [0.2, 0.25) is 0 Å². The molecule has 2 unspecified atom stereocenters. The summed E-state index contributed by atoms with van der Waals surface area (Å²) in [5.41, 5.74) is -0.559. The second kappa shape index (κ2) is 23.9. The van der Waals surface area contributed by atoms with Gasteiger partial charge in [-0.2, -0.15) is 0 Å². The van der Waals surface area contributed by atoms with Crippen molar-refractivity contribution in [1.82, 2.24) is 0 Å². The predicted molar refractivity (Wildman–Crippen MR) is 186 cm³/mol. The summed E-state index contributed by atoms with van der Waals surface area (Å²) >= 11 is 0. The van der Waals surface area contributed by atoms with Crippen LogP contribution in [0.5, 0.6) is 0 Å². The number of ether oxygens (including phenoxy) is 1. The Labute approximate surface area is 265 Å². The number of carbonyl (C=O) groups excluding carboxylic acids is 1. The Morgan fingerprint density at radius 2 is 0.929 bits per heavy atom. The first-order valence-electron chi connectivity index (χ1n) is 19.5. The third-order valence-electron chi connectivity index (χ3n) is 10.9. The maximum absolute atomic E-state index is 14.2. The fourth-order valence-electron chi connectivity index (χ4n) is 8.12. The van der Waals surface area contributed by atoms with Gasteiger partial charge in [-0.05, 0) is 37.5 Å². The van der Waals surface area contributed by atoms with Crippen molar-refractivity contribution in [3.63, 3.8) is 0 Å². The standard InChI is InChI=1S/C40H78O2/c1-7-10-13-16-19-22-25-28-33-39(38(4,5)6)34-31-32-37(41)40(39,35-29-26-23-20-17-14-11-8-2)42-36-30-27-24-21-18-15-12-9-3/h7-36H2,1-6H3. The molecule has 1 saturated carbocycles. The SMILES string of the molecule is CCCCCCCCCCOC1(CCCCCCCCCC)C(=O)CCCC1(CCCCCCCCCC)C(C)(C)C. The number of unbranched alkanes of at least 4 members (excludes halogenated alkanes) is 21. The summed E-state index contributed by atoms with van der Waals surface area (Å²) in [6.45, 7) is 14.9. The van der Waals surface area contributed by atoms with Crippen LogP contribution in [0, 0.1) is 10.8 Å². The molecule has 0 bridgehead atoms. The van der Waals surface area contributed by atoms with Crippen molar-refractivity contribution >= 4 is 5.78 Å². The summed E-state index contributed by atoms with van der Waals surface area (Å²) in [5.74, 6) is 0.450. The molecule has 1 aliphatic rings. The lowest BCUT2D eigenvalue weighted by Crippen LogP contribution is -2.63. The molecule has 0 saturated heterocycles. The first-order chi connectivity index (χ1) is 20.3. The average Bonchev–Trinajstić information content (AvgIpc) is 2.96. The van der Waals surface area contributed by atoms with E-state index >= 15 is 0 Å². The Hall–Kier alpha value is -0.370. The molecule has 1 rings (SSSR count). The van der Waals surface area contributed by atoms with Gasteiger partial charge in [0.15, 0.2) is 5.78 Å². The van der Waals surface area contributed by atoms with Gasteiger partial charge in [0.2, 0.25) is 0 Å². The lowest BCUT2D eigenvalue weighted by atomic mass is 9.48. The molecule has 250 valence electrons. The Kier molecular flexibility index (Phi) is 22.6. The van der Waals surface area contributed by atoms with E-state index in [9.17, 15) is 4.79 Å². The lowest BCUT2D eigenvalue weighted by Gasteiger charge is -2.59. The Bertz CT molecular complexity index is 634. The first kappa shape index (κ1) is 39.7. The molecule has 42 heavy (non-hydrogen) atoms. The Morgan fingerprint density at radius 3 is 1.36 bits per heavy atom. The Morgan fingerprint density at radius 1 is 0.548 bits per heavy atom. The highest BCUT2D eigenvalue weighted by Crippen LogP contribution is 2.60. The molecule has 2 atom stereocenters. The third-order valence-corrected chi connectivity index (χ3v) is 10.9. The lowest BCUT2D eigenvalue weighted by molar-refractivity contribution is -0.206. The highest BCUT2D eigenvalue weighted by molar-refractivity contribution is 5.89. The van der Waals surface area contributed by atoms with Crippen molar-refractivity contribution in [2.24, 2.45) is 10.8 Å². The second-order valence-electron chi connectivity index (χ2n) is 15.2. The van der Waals surface area contributed by atoms with Gasteiger partial charge < -0.3 is 4.74 Å². The van der Waals surface area contributed by atoms with E-state index in [1.807, 2.05) is 0 Å². The largest absolute Gasteiger partial charge is 0.367 e. The molecule has 2 heteroatoms. The van der Waals surface area contributed by atoms with Gasteiger partial charge in [-0.3, -0.25) is 4.79 Å². The highest BCUT2D eigenvalue weighted by atomic mass is 16.5. The zero-order valence-corrected chi connectivity index (χ0v) is 30.0. The average molecular weight is 591 g/mol. The number of carbonyl (C=O) groups is 1. The van der Waals surface area contributed by atoms with Crippen molar-refractivity contribution in [2.45, 2.75) is 233 Å². The van der Waals surface area contributed by atoms with E-state index in [1.54, 1.807) is 0 Å². The monoisotopic (exact) mass is 591 g/mol. The van der Waals surface area contributed by atoms with Crippen LogP contribution >= 0.6 is 0 Å². The fraction of sp³-hybridized carbons (Fsp3) is 0.975. The van der Waals surface area contributed by atoms with Gasteiger partial charge in [-0.1, -0.05) is 189 Å². The van der Waals surface area contributed by atoms with Gasteiger partial charge in [-0.25, -0.2) is 0 Å². The highest BCUT2D eigenvalue weighted by Gasteiger charge is 2.62. The minimum Gasteiger partial charge on any atom is -0.367 e. The molecule has 0 radical (unpaired) electrons. The van der Waals surface area contributed by atoms with Crippen molar-refractivity contribution in [1.29, 1.82) is 0 Å². The Balaban J connectivity index is 2.92. The van der Waals surface area contributed by atoms with E-state index in [4.69, 9.17) is 4.74 Å². The topological polar surface area (TPSA) is 26.3 Å². The van der Waals surface area contributed by atoms with Crippen LogP contribution in [-0.4, -0.2) is 18.0 Å². The van der Waals surface area contributed by atoms with Crippen LogP contribution in [0.15, 0.2) is 0 Å². The molecule has 0 amide bonds. The van der Waals surface area contributed by atoms with Crippen molar-refractivity contribution < 1.29 is 9.53 Å². The molecule has 0 N–H and O–H groups in total. The van der Waals surface area contributed by atoms with Gasteiger partial charge in [-0.15, -0.1) is 0 Å².